The molecule has 2 amide bonds. The lowest BCUT2D eigenvalue weighted by Gasteiger charge is -2.06. The maximum absolute atomic E-state index is 12.1. The number of carbonyl (C=O) groups excluding carboxylic acids is 2. The lowest BCUT2D eigenvalue weighted by molar-refractivity contribution is -0.125. The highest BCUT2D eigenvalue weighted by Crippen LogP contribution is 2.39. The zero-order valence-electron chi connectivity index (χ0n) is 12.3. The highest BCUT2D eigenvalue weighted by molar-refractivity contribution is 9.10. The van der Waals surface area contributed by atoms with Crippen molar-refractivity contribution in [3.05, 3.63) is 58.8 Å². The van der Waals surface area contributed by atoms with Crippen LogP contribution in [0.4, 0.5) is 5.69 Å². The number of pyridine rings is 1. The fourth-order valence-corrected chi connectivity index (χ4v) is 2.62. The largest absolute Gasteiger partial charge is 0.350 e. The van der Waals surface area contributed by atoms with Gasteiger partial charge in [0.25, 0.3) is 0 Å². The first-order valence-electron chi connectivity index (χ1n) is 7.37. The zero-order chi connectivity index (χ0) is 16.2. The molecule has 2 aromatic rings. The van der Waals surface area contributed by atoms with Gasteiger partial charge in [0, 0.05) is 16.4 Å². The molecule has 0 radical (unpaired) electrons. The number of nitrogens with one attached hydrogen (secondary N) is 2. The summed E-state index contributed by atoms with van der Waals surface area (Å²) in [4.78, 5) is 28.3. The fourth-order valence-electron chi connectivity index (χ4n) is 2.35. The van der Waals surface area contributed by atoms with Crippen molar-refractivity contribution in [2.45, 2.75) is 13.0 Å². The van der Waals surface area contributed by atoms with Crippen molar-refractivity contribution >= 4 is 33.4 Å². The van der Waals surface area contributed by atoms with E-state index in [-0.39, 0.29) is 23.7 Å². The van der Waals surface area contributed by atoms with Crippen LogP contribution in [0.1, 0.15) is 12.1 Å². The number of benzene rings is 1. The third kappa shape index (κ3) is 4.16. The molecule has 1 aromatic heterocycles. The summed E-state index contributed by atoms with van der Waals surface area (Å²) in [5.74, 6) is -0.687. The van der Waals surface area contributed by atoms with Crippen LogP contribution >= 0.6 is 15.9 Å². The third-order valence-corrected chi connectivity index (χ3v) is 4.27. The standard InChI is InChI=1S/C17H16BrN3O2/c18-11-4-6-12(7-5-11)21-17(23)15-9-14(15)16(22)20-10-13-3-1-2-8-19-13/h1-8,14-15H,9-10H2,(H,20,22)(H,21,23). The second kappa shape index (κ2) is 6.91. The van der Waals surface area contributed by atoms with Gasteiger partial charge in [-0.25, -0.2) is 0 Å². The van der Waals surface area contributed by atoms with E-state index in [9.17, 15) is 9.59 Å². The minimum atomic E-state index is -0.248. The van der Waals surface area contributed by atoms with E-state index in [1.807, 2.05) is 42.5 Å². The van der Waals surface area contributed by atoms with E-state index in [1.54, 1.807) is 6.20 Å². The second-order valence-electron chi connectivity index (χ2n) is 5.48. The average molecular weight is 374 g/mol. The molecular formula is C17H16BrN3O2. The number of aromatic nitrogens is 1. The highest BCUT2D eigenvalue weighted by atomic mass is 79.9. The Morgan fingerprint density at radius 2 is 1.83 bits per heavy atom. The molecule has 2 atom stereocenters. The maximum atomic E-state index is 12.1. The molecule has 0 bridgehead atoms. The van der Waals surface area contributed by atoms with Crippen molar-refractivity contribution in [1.29, 1.82) is 0 Å². The van der Waals surface area contributed by atoms with Gasteiger partial charge in [0.1, 0.15) is 0 Å². The Labute approximate surface area is 142 Å². The van der Waals surface area contributed by atoms with E-state index in [2.05, 4.69) is 31.5 Å². The first-order valence-corrected chi connectivity index (χ1v) is 8.17. The van der Waals surface area contributed by atoms with Crippen molar-refractivity contribution in [3.8, 4) is 0 Å². The summed E-state index contributed by atoms with van der Waals surface area (Å²) in [5.41, 5.74) is 1.54. The minimum absolute atomic E-state index is 0.0911. The normalized spacial score (nSPS) is 19.0. The topological polar surface area (TPSA) is 71.1 Å². The Morgan fingerprint density at radius 3 is 2.52 bits per heavy atom. The molecule has 6 heteroatoms. The number of nitrogens with zero attached hydrogens (tertiary/aromatic N) is 1. The molecule has 23 heavy (non-hydrogen) atoms. The van der Waals surface area contributed by atoms with Gasteiger partial charge in [-0.2, -0.15) is 0 Å². The van der Waals surface area contributed by atoms with E-state index in [0.29, 0.717) is 13.0 Å². The lowest BCUT2D eigenvalue weighted by Crippen LogP contribution is -2.27. The van der Waals surface area contributed by atoms with Gasteiger partial charge in [-0.3, -0.25) is 14.6 Å². The van der Waals surface area contributed by atoms with Gasteiger partial charge >= 0.3 is 0 Å². The predicted molar refractivity (Wildman–Crippen MR) is 90.5 cm³/mol. The van der Waals surface area contributed by atoms with E-state index < -0.39 is 0 Å². The van der Waals surface area contributed by atoms with Crippen molar-refractivity contribution in [2.75, 3.05) is 5.32 Å². The number of halogens is 1. The molecule has 2 unspecified atom stereocenters. The van der Waals surface area contributed by atoms with Crippen LogP contribution in [0.15, 0.2) is 53.1 Å². The molecule has 1 saturated carbocycles. The Balaban J connectivity index is 1.47. The highest BCUT2D eigenvalue weighted by Gasteiger charge is 2.47. The van der Waals surface area contributed by atoms with Crippen LogP contribution in [0.25, 0.3) is 0 Å². The maximum Gasteiger partial charge on any atom is 0.228 e. The first kappa shape index (κ1) is 15.7. The SMILES string of the molecule is O=C(NCc1ccccn1)C1CC1C(=O)Nc1ccc(Br)cc1. The molecule has 0 saturated heterocycles. The number of amides is 2. The molecule has 0 spiro atoms. The number of anilines is 1. The van der Waals surface area contributed by atoms with Crippen LogP contribution in [0.3, 0.4) is 0 Å². The summed E-state index contributed by atoms with van der Waals surface area (Å²) in [6.07, 6.45) is 2.28. The van der Waals surface area contributed by atoms with Crippen LogP contribution in [-0.2, 0) is 16.1 Å². The Bertz CT molecular complexity index is 704. The molecule has 1 heterocycles. The Hall–Kier alpha value is -2.21. The number of rotatable bonds is 5. The molecule has 5 nitrogen and oxygen atoms in total. The third-order valence-electron chi connectivity index (χ3n) is 3.75. The smallest absolute Gasteiger partial charge is 0.228 e. The fraction of sp³-hybridized carbons (Fsp3) is 0.235. The summed E-state index contributed by atoms with van der Waals surface area (Å²) >= 11 is 3.35. The molecular weight excluding hydrogens is 358 g/mol. The van der Waals surface area contributed by atoms with Gasteiger partial charge in [0.05, 0.1) is 24.1 Å². The van der Waals surface area contributed by atoms with Gasteiger partial charge in [0.15, 0.2) is 0 Å². The van der Waals surface area contributed by atoms with Crippen molar-refractivity contribution in [3.63, 3.8) is 0 Å². The van der Waals surface area contributed by atoms with Crippen molar-refractivity contribution < 1.29 is 9.59 Å². The summed E-state index contributed by atoms with van der Waals surface area (Å²) in [5, 5.41) is 5.67. The van der Waals surface area contributed by atoms with E-state index in [4.69, 9.17) is 0 Å². The summed E-state index contributed by atoms with van der Waals surface area (Å²) in [7, 11) is 0. The van der Waals surface area contributed by atoms with Crippen LogP contribution in [0.5, 0.6) is 0 Å². The van der Waals surface area contributed by atoms with Gasteiger partial charge in [-0.1, -0.05) is 22.0 Å². The summed E-state index contributed by atoms with van der Waals surface area (Å²) in [6.45, 7) is 0.386. The summed E-state index contributed by atoms with van der Waals surface area (Å²) in [6, 6.07) is 12.9. The van der Waals surface area contributed by atoms with Gasteiger partial charge in [-0.15, -0.1) is 0 Å². The van der Waals surface area contributed by atoms with E-state index in [0.717, 1.165) is 15.9 Å². The van der Waals surface area contributed by atoms with Crippen LogP contribution < -0.4 is 10.6 Å². The first-order chi connectivity index (χ1) is 11.1. The average Bonchev–Trinajstić information content (AvgIpc) is 3.36. The zero-order valence-corrected chi connectivity index (χ0v) is 13.9. The number of hydrogen-bond donors (Lipinski definition) is 2. The minimum Gasteiger partial charge on any atom is -0.350 e. The quantitative estimate of drug-likeness (QED) is 0.846. The molecule has 0 aliphatic heterocycles. The summed E-state index contributed by atoms with van der Waals surface area (Å²) < 4.78 is 0.952. The molecule has 118 valence electrons. The predicted octanol–water partition coefficient (Wildman–Crippen LogP) is 2.74. The molecule has 3 rings (SSSR count). The van der Waals surface area contributed by atoms with Gasteiger partial charge in [-0.05, 0) is 42.8 Å². The van der Waals surface area contributed by atoms with Gasteiger partial charge < -0.3 is 10.6 Å². The molecule has 1 aliphatic carbocycles. The number of carbonyl (C=O) groups is 2. The monoisotopic (exact) mass is 373 g/mol. The lowest BCUT2D eigenvalue weighted by atomic mass is 10.2. The van der Waals surface area contributed by atoms with E-state index in [1.165, 1.54) is 0 Å². The van der Waals surface area contributed by atoms with Crippen molar-refractivity contribution in [1.82, 2.24) is 10.3 Å². The van der Waals surface area contributed by atoms with Crippen LogP contribution in [-0.4, -0.2) is 16.8 Å². The van der Waals surface area contributed by atoms with Crippen LogP contribution in [0, 0.1) is 11.8 Å². The Morgan fingerprint density at radius 1 is 1.09 bits per heavy atom. The number of hydrogen-bond acceptors (Lipinski definition) is 3. The molecule has 1 aromatic carbocycles. The molecule has 1 aliphatic rings. The van der Waals surface area contributed by atoms with E-state index >= 15 is 0 Å². The van der Waals surface area contributed by atoms with Crippen molar-refractivity contribution in [2.24, 2.45) is 11.8 Å². The second-order valence-corrected chi connectivity index (χ2v) is 6.40. The van der Waals surface area contributed by atoms with Gasteiger partial charge in [0.2, 0.25) is 11.8 Å². The Kier molecular flexibility index (Phi) is 4.71. The van der Waals surface area contributed by atoms with Crippen LogP contribution in [0.2, 0.25) is 0 Å². The molecule has 2 N–H and O–H groups in total. The molecule has 1 fully saturated rings.